The Morgan fingerprint density at radius 1 is 1.33 bits per heavy atom. The molecule has 0 saturated carbocycles. The van der Waals surface area contributed by atoms with Gasteiger partial charge in [0.1, 0.15) is 0 Å². The highest BCUT2D eigenvalue weighted by Crippen LogP contribution is 2.24. The maximum Gasteiger partial charge on any atom is 0.234 e. The highest BCUT2D eigenvalue weighted by molar-refractivity contribution is 5.78. The third-order valence-corrected chi connectivity index (χ3v) is 4.10. The lowest BCUT2D eigenvalue weighted by Crippen LogP contribution is -2.43. The molecule has 0 bridgehead atoms. The summed E-state index contributed by atoms with van der Waals surface area (Å²) in [6.45, 7) is 14.2. The monoisotopic (exact) mass is 255 g/mol. The molecule has 0 aliphatic carbocycles. The first-order chi connectivity index (χ1) is 8.42. The topological polar surface area (TPSA) is 44.4 Å². The molecule has 18 heavy (non-hydrogen) atoms. The Balaban J connectivity index is 2.28. The zero-order valence-electron chi connectivity index (χ0n) is 12.4. The molecule has 0 spiro atoms. The second-order valence-corrected chi connectivity index (χ2v) is 6.30. The molecule has 0 radical (unpaired) electrons. The summed E-state index contributed by atoms with van der Waals surface area (Å²) in [7, 11) is 0. The molecule has 2 N–H and O–H groups in total. The van der Waals surface area contributed by atoms with Crippen molar-refractivity contribution in [2.45, 2.75) is 34.1 Å². The number of carbonyl (C=O) groups is 1. The van der Waals surface area contributed by atoms with Gasteiger partial charge in [0.2, 0.25) is 5.91 Å². The fourth-order valence-electron chi connectivity index (χ4n) is 1.85. The van der Waals surface area contributed by atoms with E-state index in [1.165, 1.54) is 0 Å². The van der Waals surface area contributed by atoms with Gasteiger partial charge in [0.25, 0.3) is 0 Å². The fourth-order valence-corrected chi connectivity index (χ4v) is 1.85. The van der Waals surface area contributed by atoms with E-state index in [-0.39, 0.29) is 11.3 Å². The maximum atomic E-state index is 11.9. The van der Waals surface area contributed by atoms with E-state index in [1.54, 1.807) is 0 Å². The van der Waals surface area contributed by atoms with Crippen molar-refractivity contribution in [3.05, 3.63) is 0 Å². The molecule has 106 valence electrons. The van der Waals surface area contributed by atoms with Crippen LogP contribution in [0.2, 0.25) is 0 Å². The first kappa shape index (κ1) is 15.4. The fraction of sp³-hybridized carbons (Fsp3) is 0.929. The summed E-state index contributed by atoms with van der Waals surface area (Å²) in [4.78, 5) is 14.2. The van der Waals surface area contributed by atoms with Crippen molar-refractivity contribution in [3.8, 4) is 0 Å². The molecule has 0 aromatic carbocycles. The van der Waals surface area contributed by atoms with Crippen molar-refractivity contribution in [2.24, 2.45) is 11.3 Å². The van der Waals surface area contributed by atoms with Gasteiger partial charge in [-0.3, -0.25) is 9.69 Å². The molecular formula is C14H29N3O. The maximum absolute atomic E-state index is 11.9. The van der Waals surface area contributed by atoms with E-state index in [2.05, 4.69) is 43.2 Å². The molecule has 1 fully saturated rings. The highest BCUT2D eigenvalue weighted by Gasteiger charge is 2.23. The summed E-state index contributed by atoms with van der Waals surface area (Å²) < 4.78 is 0. The molecule has 1 rings (SSSR count). The predicted octanol–water partition coefficient (Wildman–Crippen LogP) is 1.08. The Bertz CT molecular complexity index is 256. The van der Waals surface area contributed by atoms with Gasteiger partial charge in [0.15, 0.2) is 0 Å². The molecule has 1 aliphatic rings. The Kier molecular flexibility index (Phi) is 6.09. The van der Waals surface area contributed by atoms with Crippen molar-refractivity contribution in [3.63, 3.8) is 0 Å². The van der Waals surface area contributed by atoms with Crippen LogP contribution in [0.1, 0.15) is 34.1 Å². The highest BCUT2D eigenvalue weighted by atomic mass is 16.2. The van der Waals surface area contributed by atoms with Gasteiger partial charge in [-0.2, -0.15) is 0 Å². The Morgan fingerprint density at radius 3 is 2.72 bits per heavy atom. The van der Waals surface area contributed by atoms with Crippen molar-refractivity contribution in [1.82, 2.24) is 15.5 Å². The Morgan fingerprint density at radius 2 is 2.06 bits per heavy atom. The zero-order chi connectivity index (χ0) is 13.6. The molecule has 0 aromatic rings. The van der Waals surface area contributed by atoms with Crippen molar-refractivity contribution in [1.29, 1.82) is 0 Å². The molecular weight excluding hydrogens is 226 g/mol. The smallest absolute Gasteiger partial charge is 0.234 e. The lowest BCUT2D eigenvalue weighted by Gasteiger charge is -2.30. The molecule has 1 amide bonds. The summed E-state index contributed by atoms with van der Waals surface area (Å²) in [6, 6.07) is 0. The third-order valence-electron chi connectivity index (χ3n) is 4.10. The molecule has 1 heterocycles. The van der Waals surface area contributed by atoms with Crippen molar-refractivity contribution >= 4 is 5.91 Å². The lowest BCUT2D eigenvalue weighted by atomic mass is 9.81. The normalized spacial score (nSPS) is 18.7. The summed E-state index contributed by atoms with van der Waals surface area (Å²) in [5.41, 5.74) is 0.163. The van der Waals surface area contributed by atoms with Gasteiger partial charge in [-0.25, -0.2) is 0 Å². The Hall–Kier alpha value is -0.610. The largest absolute Gasteiger partial charge is 0.354 e. The third kappa shape index (κ3) is 5.36. The minimum atomic E-state index is 0.158. The molecule has 1 saturated heterocycles. The number of nitrogens with zero attached hydrogens (tertiary/aromatic N) is 1. The predicted molar refractivity (Wildman–Crippen MR) is 75.6 cm³/mol. The first-order valence-corrected chi connectivity index (χ1v) is 7.11. The summed E-state index contributed by atoms with van der Waals surface area (Å²) in [5.74, 6) is 0.728. The number of hydrogen-bond donors (Lipinski definition) is 2. The van der Waals surface area contributed by atoms with Crippen LogP contribution in [-0.4, -0.2) is 50.1 Å². The standard InChI is InChI=1S/C14H29N3O/c1-12(2)14(3,4)11-16-13(18)10-17-8-5-6-15-7-9-17/h12,15H,5-11H2,1-4H3,(H,16,18). The quantitative estimate of drug-likeness (QED) is 0.773. The molecule has 0 aromatic heterocycles. The van der Waals surface area contributed by atoms with Gasteiger partial charge in [0.05, 0.1) is 6.54 Å². The molecule has 1 aliphatic heterocycles. The van der Waals surface area contributed by atoms with Crippen LogP contribution >= 0.6 is 0 Å². The van der Waals surface area contributed by atoms with E-state index in [1.807, 2.05) is 0 Å². The van der Waals surface area contributed by atoms with Crippen LogP contribution in [0.3, 0.4) is 0 Å². The van der Waals surface area contributed by atoms with Crippen LogP contribution in [-0.2, 0) is 4.79 Å². The second-order valence-electron chi connectivity index (χ2n) is 6.30. The SMILES string of the molecule is CC(C)C(C)(C)CNC(=O)CN1CCCNCC1. The van der Waals surface area contributed by atoms with Gasteiger partial charge in [-0.1, -0.05) is 27.7 Å². The minimum absolute atomic E-state index is 0.158. The van der Waals surface area contributed by atoms with Crippen LogP contribution in [0.25, 0.3) is 0 Å². The average molecular weight is 255 g/mol. The molecule has 4 nitrogen and oxygen atoms in total. The van der Waals surface area contributed by atoms with Gasteiger partial charge in [-0.15, -0.1) is 0 Å². The Labute approximate surface area is 111 Å². The number of hydrogen-bond acceptors (Lipinski definition) is 3. The summed E-state index contributed by atoms with van der Waals surface area (Å²) >= 11 is 0. The summed E-state index contributed by atoms with van der Waals surface area (Å²) in [6.07, 6.45) is 1.13. The van der Waals surface area contributed by atoms with Gasteiger partial charge < -0.3 is 10.6 Å². The zero-order valence-corrected chi connectivity index (χ0v) is 12.4. The van der Waals surface area contributed by atoms with Crippen molar-refractivity contribution < 1.29 is 4.79 Å². The van der Waals surface area contributed by atoms with Crippen molar-refractivity contribution in [2.75, 3.05) is 39.3 Å². The van der Waals surface area contributed by atoms with E-state index in [4.69, 9.17) is 0 Å². The van der Waals surface area contributed by atoms with E-state index < -0.39 is 0 Å². The van der Waals surface area contributed by atoms with Crippen LogP contribution in [0, 0.1) is 11.3 Å². The van der Waals surface area contributed by atoms with E-state index in [9.17, 15) is 4.79 Å². The van der Waals surface area contributed by atoms with Gasteiger partial charge >= 0.3 is 0 Å². The molecule has 0 atom stereocenters. The van der Waals surface area contributed by atoms with Gasteiger partial charge in [0, 0.05) is 19.6 Å². The average Bonchev–Trinajstić information content (AvgIpc) is 2.55. The number of carbonyl (C=O) groups excluding carboxylic acids is 1. The van der Waals surface area contributed by atoms with E-state index >= 15 is 0 Å². The van der Waals surface area contributed by atoms with Crippen LogP contribution < -0.4 is 10.6 Å². The van der Waals surface area contributed by atoms with E-state index in [0.717, 1.165) is 39.1 Å². The number of amides is 1. The van der Waals surface area contributed by atoms with Crippen LogP contribution in [0.4, 0.5) is 0 Å². The second kappa shape index (κ2) is 7.10. The number of nitrogens with one attached hydrogen (secondary N) is 2. The first-order valence-electron chi connectivity index (χ1n) is 7.11. The van der Waals surface area contributed by atoms with Gasteiger partial charge in [-0.05, 0) is 30.8 Å². The van der Waals surface area contributed by atoms with Crippen LogP contribution in [0.15, 0.2) is 0 Å². The van der Waals surface area contributed by atoms with E-state index in [0.29, 0.717) is 12.5 Å². The van der Waals surface area contributed by atoms with Crippen LogP contribution in [0.5, 0.6) is 0 Å². The molecule has 4 heteroatoms. The summed E-state index contributed by atoms with van der Waals surface area (Å²) in [5, 5.41) is 6.42. The minimum Gasteiger partial charge on any atom is -0.354 e. The molecule has 0 unspecified atom stereocenters. The number of rotatable bonds is 5. The lowest BCUT2D eigenvalue weighted by molar-refractivity contribution is -0.122.